The number of pyridine rings is 1. The summed E-state index contributed by atoms with van der Waals surface area (Å²) in [5, 5.41) is 6.37. The summed E-state index contributed by atoms with van der Waals surface area (Å²) in [5.74, 6) is 0.566. The van der Waals surface area contributed by atoms with Gasteiger partial charge in [-0.2, -0.15) is 0 Å². The van der Waals surface area contributed by atoms with Crippen LogP contribution in [0.5, 0.6) is 0 Å². The minimum Gasteiger partial charge on any atom is -0.335 e. The molecule has 2 saturated carbocycles. The predicted octanol–water partition coefficient (Wildman–Crippen LogP) is 7.16. The summed E-state index contributed by atoms with van der Waals surface area (Å²) in [4.78, 5) is 18.0. The molecule has 1 unspecified atom stereocenters. The first-order valence-corrected chi connectivity index (χ1v) is 14.6. The molecule has 1 N–H and O–H groups in total. The van der Waals surface area contributed by atoms with E-state index in [1.54, 1.807) is 6.07 Å². The Balaban J connectivity index is 1.54. The Hall–Kier alpha value is -3.38. The summed E-state index contributed by atoms with van der Waals surface area (Å²) in [6.07, 6.45) is 8.38. The van der Waals surface area contributed by atoms with Gasteiger partial charge in [0.1, 0.15) is 5.54 Å². The third kappa shape index (κ3) is 4.56. The number of nitrogens with zero attached hydrogens (tertiary/aromatic N) is 3. The van der Waals surface area contributed by atoms with E-state index >= 15 is 0 Å². The SMILES string of the molecule is Cn1cncc1C(NC1CC1)(c1ccc(Cl)cc1)c1ccc2c(c1)c(-c1cccc(Cl)c1)cc(=O)n2CC1CC1. The van der Waals surface area contributed by atoms with E-state index in [1.807, 2.05) is 60.5 Å². The molecule has 0 spiro atoms. The highest BCUT2D eigenvalue weighted by atomic mass is 35.5. The van der Waals surface area contributed by atoms with Gasteiger partial charge in [0.25, 0.3) is 5.56 Å². The fourth-order valence-corrected chi connectivity index (χ4v) is 6.23. The summed E-state index contributed by atoms with van der Waals surface area (Å²) in [6.45, 7) is 0.745. The van der Waals surface area contributed by atoms with Gasteiger partial charge in [0.15, 0.2) is 0 Å². The Labute approximate surface area is 243 Å². The Kier molecular flexibility index (Phi) is 6.34. The maximum atomic E-state index is 13.5. The molecule has 0 bridgehead atoms. The second-order valence-electron chi connectivity index (χ2n) is 11.3. The van der Waals surface area contributed by atoms with E-state index in [0.717, 1.165) is 58.2 Å². The van der Waals surface area contributed by atoms with Crippen LogP contribution in [0.15, 0.2) is 90.1 Å². The van der Waals surface area contributed by atoms with Crippen LogP contribution >= 0.6 is 23.2 Å². The van der Waals surface area contributed by atoms with Crippen LogP contribution in [0.25, 0.3) is 22.0 Å². The number of hydrogen-bond donors (Lipinski definition) is 1. The largest absolute Gasteiger partial charge is 0.335 e. The Bertz CT molecular complexity index is 1780. The number of nitrogens with one attached hydrogen (secondary N) is 1. The molecule has 2 heterocycles. The molecule has 5 aromatic rings. The molecular weight excluding hydrogens is 539 g/mol. The Morgan fingerprint density at radius 2 is 1.70 bits per heavy atom. The van der Waals surface area contributed by atoms with Gasteiger partial charge in [-0.3, -0.25) is 10.1 Å². The third-order valence-corrected chi connectivity index (χ3v) is 8.78. The van der Waals surface area contributed by atoms with Crippen LogP contribution in [-0.2, 0) is 19.1 Å². The van der Waals surface area contributed by atoms with Crippen molar-refractivity contribution in [1.29, 1.82) is 0 Å². The number of imidazole rings is 1. The van der Waals surface area contributed by atoms with Gasteiger partial charge in [0, 0.05) is 41.1 Å². The molecule has 7 heteroatoms. The highest BCUT2D eigenvalue weighted by Gasteiger charge is 2.43. The Morgan fingerprint density at radius 1 is 0.925 bits per heavy atom. The monoisotopic (exact) mass is 568 g/mol. The number of aromatic nitrogens is 3. The smallest absolute Gasteiger partial charge is 0.251 e. The van der Waals surface area contributed by atoms with Gasteiger partial charge in [0.2, 0.25) is 0 Å². The summed E-state index contributed by atoms with van der Waals surface area (Å²) >= 11 is 12.8. The summed E-state index contributed by atoms with van der Waals surface area (Å²) in [6, 6.07) is 24.6. The van der Waals surface area contributed by atoms with Crippen molar-refractivity contribution in [1.82, 2.24) is 19.4 Å². The third-order valence-electron chi connectivity index (χ3n) is 8.29. The number of halogens is 2. The van der Waals surface area contributed by atoms with Crippen molar-refractivity contribution in [2.45, 2.75) is 43.8 Å². The molecule has 3 aromatic carbocycles. The second-order valence-corrected chi connectivity index (χ2v) is 12.1. The molecule has 0 saturated heterocycles. The molecule has 2 fully saturated rings. The normalized spacial score (nSPS) is 16.8. The first-order chi connectivity index (χ1) is 19.4. The van der Waals surface area contributed by atoms with Gasteiger partial charge < -0.3 is 9.13 Å². The fourth-order valence-electron chi connectivity index (χ4n) is 5.92. The van der Waals surface area contributed by atoms with Crippen LogP contribution in [0, 0.1) is 5.92 Å². The van der Waals surface area contributed by atoms with Gasteiger partial charge >= 0.3 is 0 Å². The highest BCUT2D eigenvalue weighted by Crippen LogP contribution is 2.42. The van der Waals surface area contributed by atoms with E-state index in [1.165, 1.54) is 12.8 Å². The maximum Gasteiger partial charge on any atom is 0.251 e. The summed E-state index contributed by atoms with van der Waals surface area (Å²) < 4.78 is 4.03. The van der Waals surface area contributed by atoms with Gasteiger partial charge in [0.05, 0.1) is 23.7 Å². The zero-order valence-corrected chi connectivity index (χ0v) is 23.8. The van der Waals surface area contributed by atoms with E-state index in [0.29, 0.717) is 22.0 Å². The lowest BCUT2D eigenvalue weighted by molar-refractivity contribution is 0.444. The van der Waals surface area contributed by atoms with Crippen LogP contribution in [0.4, 0.5) is 0 Å². The summed E-state index contributed by atoms with van der Waals surface area (Å²) in [5.41, 5.74) is 5.31. The van der Waals surface area contributed by atoms with E-state index in [2.05, 4.69) is 45.2 Å². The molecule has 0 radical (unpaired) electrons. The average molecular weight is 570 g/mol. The standard InChI is InChI=1S/C33H30Cl2N4O/c1-38-20-36-18-31(38)33(37-27-12-13-27,23-7-10-25(34)11-8-23)24-9-14-30-29(16-24)28(22-3-2-4-26(35)15-22)17-32(40)39(30)19-21-5-6-21/h2-4,7-11,14-18,20-21,27,37H,5-6,12-13,19H2,1H3. The van der Waals surface area contributed by atoms with Crippen LogP contribution in [-0.4, -0.2) is 20.2 Å². The van der Waals surface area contributed by atoms with Crippen molar-refractivity contribution in [2.24, 2.45) is 13.0 Å². The average Bonchev–Trinajstić information content (AvgIpc) is 3.89. The molecule has 202 valence electrons. The number of fused-ring (bicyclic) bond motifs is 1. The van der Waals surface area contributed by atoms with Crippen molar-refractivity contribution in [3.63, 3.8) is 0 Å². The lowest BCUT2D eigenvalue weighted by Gasteiger charge is -2.37. The molecule has 5 nitrogen and oxygen atoms in total. The minimum atomic E-state index is -0.672. The van der Waals surface area contributed by atoms with Crippen LogP contribution < -0.4 is 10.9 Å². The van der Waals surface area contributed by atoms with E-state index < -0.39 is 5.54 Å². The lowest BCUT2D eigenvalue weighted by Crippen LogP contribution is -2.47. The maximum absolute atomic E-state index is 13.5. The molecule has 2 aromatic heterocycles. The molecular formula is C33H30Cl2N4O. The molecule has 7 rings (SSSR count). The van der Waals surface area contributed by atoms with Gasteiger partial charge in [-0.05, 0) is 90.3 Å². The van der Waals surface area contributed by atoms with Gasteiger partial charge in [-0.1, -0.05) is 53.5 Å². The fraction of sp³-hybridized carbons (Fsp3) is 0.273. The number of hydrogen-bond acceptors (Lipinski definition) is 3. The molecule has 40 heavy (non-hydrogen) atoms. The number of aryl methyl sites for hydroxylation is 1. The zero-order valence-electron chi connectivity index (χ0n) is 22.3. The number of benzene rings is 3. The number of rotatable bonds is 8. The van der Waals surface area contributed by atoms with Gasteiger partial charge in [-0.25, -0.2) is 4.98 Å². The van der Waals surface area contributed by atoms with E-state index in [9.17, 15) is 4.79 Å². The van der Waals surface area contributed by atoms with Crippen LogP contribution in [0.1, 0.15) is 42.5 Å². The predicted molar refractivity (Wildman–Crippen MR) is 162 cm³/mol. The zero-order chi connectivity index (χ0) is 27.4. The van der Waals surface area contributed by atoms with Crippen molar-refractivity contribution in [2.75, 3.05) is 0 Å². The van der Waals surface area contributed by atoms with Crippen molar-refractivity contribution in [3.8, 4) is 11.1 Å². The molecule has 0 aliphatic heterocycles. The van der Waals surface area contributed by atoms with Crippen molar-refractivity contribution < 1.29 is 0 Å². The van der Waals surface area contributed by atoms with Crippen LogP contribution in [0.3, 0.4) is 0 Å². The second kappa shape index (κ2) is 9.91. The quantitative estimate of drug-likeness (QED) is 0.216. The Morgan fingerprint density at radius 3 is 2.38 bits per heavy atom. The highest BCUT2D eigenvalue weighted by molar-refractivity contribution is 6.31. The topological polar surface area (TPSA) is 51.9 Å². The lowest BCUT2D eigenvalue weighted by atomic mass is 9.79. The molecule has 2 aliphatic rings. The first-order valence-electron chi connectivity index (χ1n) is 13.9. The van der Waals surface area contributed by atoms with E-state index in [4.69, 9.17) is 23.2 Å². The molecule has 1 atom stereocenters. The molecule has 0 amide bonds. The van der Waals surface area contributed by atoms with Crippen LogP contribution in [0.2, 0.25) is 10.0 Å². The van der Waals surface area contributed by atoms with Crippen molar-refractivity contribution >= 4 is 34.1 Å². The van der Waals surface area contributed by atoms with E-state index in [-0.39, 0.29) is 5.56 Å². The molecule has 2 aliphatic carbocycles. The first kappa shape index (κ1) is 25.6. The van der Waals surface area contributed by atoms with Gasteiger partial charge in [-0.15, -0.1) is 0 Å². The van der Waals surface area contributed by atoms with Crippen molar-refractivity contribution in [3.05, 3.63) is 123 Å². The minimum absolute atomic E-state index is 0.0221. The summed E-state index contributed by atoms with van der Waals surface area (Å²) in [7, 11) is 2.04.